The Bertz CT molecular complexity index is 1220. The third-order valence-electron chi connectivity index (χ3n) is 5.38. The number of carbonyl (C=O) groups is 1. The number of benzene rings is 3. The molecule has 0 aromatic heterocycles. The molecule has 0 saturated heterocycles. The van der Waals surface area contributed by atoms with Gasteiger partial charge in [0, 0.05) is 6.42 Å². The Morgan fingerprint density at radius 2 is 1.49 bits per heavy atom. The van der Waals surface area contributed by atoms with E-state index in [1.165, 1.54) is 30.3 Å². The van der Waals surface area contributed by atoms with Crippen LogP contribution in [-0.4, -0.2) is 31.4 Å². The third kappa shape index (κ3) is 5.59. The molecule has 1 heterocycles. The first-order valence-electron chi connectivity index (χ1n) is 10.4. The van der Waals surface area contributed by atoms with Gasteiger partial charge in [-0.1, -0.05) is 42.5 Å². The average Bonchev–Trinajstić information content (AvgIpc) is 3.21. The molecule has 35 heavy (non-hydrogen) atoms. The molecule has 0 bridgehead atoms. The maximum absolute atomic E-state index is 14.3. The molecule has 1 aliphatic rings. The van der Waals surface area contributed by atoms with Gasteiger partial charge in [-0.2, -0.15) is 0 Å². The minimum Gasteiger partial charge on any atom is -0.438 e. The molecule has 2 atom stereocenters. The van der Waals surface area contributed by atoms with Crippen LogP contribution in [0.15, 0.2) is 71.7 Å². The Kier molecular flexibility index (Phi) is 6.72. The Labute approximate surface area is 196 Å². The van der Waals surface area contributed by atoms with Crippen LogP contribution in [-0.2, 0) is 9.47 Å². The summed E-state index contributed by atoms with van der Waals surface area (Å²) in [7, 11) is 1.14. The van der Waals surface area contributed by atoms with Crippen LogP contribution in [0, 0.1) is 11.6 Å². The van der Waals surface area contributed by atoms with E-state index in [-0.39, 0.29) is 23.4 Å². The van der Waals surface area contributed by atoms with Gasteiger partial charge in [0.2, 0.25) is 0 Å². The van der Waals surface area contributed by atoms with Crippen molar-refractivity contribution in [1.29, 1.82) is 0 Å². The summed E-state index contributed by atoms with van der Waals surface area (Å²) in [6.07, 6.45) is -6.62. The van der Waals surface area contributed by atoms with E-state index in [0.717, 1.165) is 19.2 Å². The fraction of sp³-hybridized carbons (Fsp3) is 0.200. The van der Waals surface area contributed by atoms with Crippen molar-refractivity contribution in [3.63, 3.8) is 0 Å². The van der Waals surface area contributed by atoms with Crippen molar-refractivity contribution in [1.82, 2.24) is 0 Å². The van der Waals surface area contributed by atoms with Crippen molar-refractivity contribution in [2.24, 2.45) is 4.99 Å². The summed E-state index contributed by atoms with van der Waals surface area (Å²) in [6, 6.07) is 14.9. The van der Waals surface area contributed by atoms with Gasteiger partial charge >= 0.3 is 12.5 Å². The van der Waals surface area contributed by atoms with Gasteiger partial charge in [-0.15, -0.1) is 13.2 Å². The first kappa shape index (κ1) is 24.2. The molecule has 0 unspecified atom stereocenters. The fourth-order valence-corrected chi connectivity index (χ4v) is 3.83. The highest BCUT2D eigenvalue weighted by Gasteiger charge is 2.36. The van der Waals surface area contributed by atoms with E-state index in [1.807, 2.05) is 0 Å². The van der Waals surface area contributed by atoms with Gasteiger partial charge in [0.05, 0.1) is 18.4 Å². The Hall–Kier alpha value is -3.95. The summed E-state index contributed by atoms with van der Waals surface area (Å²) < 4.78 is 79.5. The Morgan fingerprint density at radius 1 is 0.914 bits per heavy atom. The monoisotopic (exact) mass is 491 g/mol. The second-order valence-corrected chi connectivity index (χ2v) is 7.63. The zero-order valence-corrected chi connectivity index (χ0v) is 18.2. The van der Waals surface area contributed by atoms with E-state index >= 15 is 0 Å². The molecule has 0 fully saturated rings. The first-order chi connectivity index (χ1) is 16.6. The van der Waals surface area contributed by atoms with Crippen LogP contribution in [0.2, 0.25) is 0 Å². The topological polar surface area (TPSA) is 57.1 Å². The number of hydrogen-bond donors (Lipinski definition) is 0. The smallest absolute Gasteiger partial charge is 0.438 e. The van der Waals surface area contributed by atoms with Crippen LogP contribution in [0.4, 0.5) is 26.7 Å². The molecule has 0 saturated carbocycles. The van der Waals surface area contributed by atoms with E-state index in [1.54, 1.807) is 24.3 Å². The summed E-state index contributed by atoms with van der Waals surface area (Å²) in [6.45, 7) is 0. The van der Waals surface area contributed by atoms with Crippen molar-refractivity contribution in [3.05, 3.63) is 89.5 Å². The molecule has 0 spiro atoms. The maximum Gasteiger partial charge on any atom is 0.573 e. The van der Waals surface area contributed by atoms with Crippen molar-refractivity contribution in [2.75, 3.05) is 7.11 Å². The minimum absolute atomic E-state index is 0.0277. The largest absolute Gasteiger partial charge is 0.573 e. The lowest BCUT2D eigenvalue weighted by Gasteiger charge is -2.18. The standard InChI is InChI=1S/C25H18F5NO4/c1-33-24(32)34-21-13-20(22-18(26)3-2-4-19(22)27)31-23(21)16-7-5-14(6-8-16)15-9-11-17(12-10-15)35-25(28,29)30/h2-12,21,23H,13H2,1H3/t21-,23+/m0/s1. The molecular weight excluding hydrogens is 473 g/mol. The lowest BCUT2D eigenvalue weighted by molar-refractivity contribution is -0.274. The molecular formula is C25H18F5NO4. The maximum atomic E-state index is 14.3. The number of nitrogens with zero attached hydrogens (tertiary/aromatic N) is 1. The third-order valence-corrected chi connectivity index (χ3v) is 5.38. The number of halogens is 5. The van der Waals surface area contributed by atoms with E-state index in [2.05, 4.69) is 14.5 Å². The summed E-state index contributed by atoms with van der Waals surface area (Å²) in [5.74, 6) is -1.90. The highest BCUT2D eigenvalue weighted by atomic mass is 19.4. The van der Waals surface area contributed by atoms with E-state index in [9.17, 15) is 26.7 Å². The quantitative estimate of drug-likeness (QED) is 0.298. The van der Waals surface area contributed by atoms with E-state index in [4.69, 9.17) is 4.74 Å². The van der Waals surface area contributed by atoms with Gasteiger partial charge in [-0.3, -0.25) is 4.99 Å². The fourth-order valence-electron chi connectivity index (χ4n) is 3.83. The predicted octanol–water partition coefficient (Wildman–Crippen LogP) is 6.62. The number of alkyl halides is 3. The van der Waals surface area contributed by atoms with Gasteiger partial charge in [0.15, 0.2) is 0 Å². The summed E-state index contributed by atoms with van der Waals surface area (Å²) in [4.78, 5) is 16.2. The molecule has 182 valence electrons. The number of aliphatic imine (C=N–C) groups is 1. The van der Waals surface area contributed by atoms with E-state index < -0.39 is 36.3 Å². The number of carbonyl (C=O) groups excluding carboxylic acids is 1. The van der Waals surface area contributed by atoms with E-state index in [0.29, 0.717) is 16.7 Å². The second-order valence-electron chi connectivity index (χ2n) is 7.63. The number of ether oxygens (including phenoxy) is 3. The van der Waals surface area contributed by atoms with Gasteiger partial charge < -0.3 is 14.2 Å². The van der Waals surface area contributed by atoms with Gasteiger partial charge in [-0.05, 0) is 41.0 Å². The SMILES string of the molecule is COC(=O)O[C@H]1CC(c2c(F)cccc2F)=N[C@@H]1c1ccc(-c2ccc(OC(F)(F)F)cc2)cc1. The first-order valence-corrected chi connectivity index (χ1v) is 10.4. The van der Waals surface area contributed by atoms with Crippen molar-refractivity contribution >= 4 is 11.9 Å². The zero-order valence-electron chi connectivity index (χ0n) is 18.2. The van der Waals surface area contributed by atoms with Gasteiger partial charge in [0.25, 0.3) is 0 Å². The normalized spacial score (nSPS) is 17.6. The number of methoxy groups -OCH3 is 1. The second kappa shape index (κ2) is 9.73. The van der Waals surface area contributed by atoms with Crippen molar-refractivity contribution < 1.29 is 41.0 Å². The Balaban J connectivity index is 1.61. The number of hydrogen-bond acceptors (Lipinski definition) is 5. The van der Waals surface area contributed by atoms with Crippen molar-refractivity contribution in [3.8, 4) is 16.9 Å². The minimum atomic E-state index is -4.78. The van der Waals surface area contributed by atoms with Crippen LogP contribution >= 0.6 is 0 Å². The molecule has 5 nitrogen and oxygen atoms in total. The molecule has 10 heteroatoms. The highest BCUT2D eigenvalue weighted by Crippen LogP contribution is 2.36. The molecule has 1 aliphatic heterocycles. The highest BCUT2D eigenvalue weighted by molar-refractivity contribution is 6.03. The van der Waals surface area contributed by atoms with Crippen LogP contribution in [0.1, 0.15) is 23.6 Å². The van der Waals surface area contributed by atoms with Gasteiger partial charge in [0.1, 0.15) is 29.5 Å². The predicted molar refractivity (Wildman–Crippen MR) is 116 cm³/mol. The zero-order chi connectivity index (χ0) is 25.2. The van der Waals surface area contributed by atoms with Crippen LogP contribution in [0.3, 0.4) is 0 Å². The van der Waals surface area contributed by atoms with Crippen molar-refractivity contribution in [2.45, 2.75) is 24.9 Å². The molecule has 4 rings (SSSR count). The van der Waals surface area contributed by atoms with Gasteiger partial charge in [-0.25, -0.2) is 13.6 Å². The molecule has 3 aromatic carbocycles. The lowest BCUT2D eigenvalue weighted by atomic mass is 9.97. The average molecular weight is 491 g/mol. The van der Waals surface area contributed by atoms with Crippen LogP contribution in [0.5, 0.6) is 5.75 Å². The molecule has 0 radical (unpaired) electrons. The molecule has 0 amide bonds. The summed E-state index contributed by atoms with van der Waals surface area (Å²) >= 11 is 0. The number of rotatable bonds is 5. The lowest BCUT2D eigenvalue weighted by Crippen LogP contribution is -2.22. The summed E-state index contributed by atoms with van der Waals surface area (Å²) in [5.41, 5.74) is 1.76. The molecule has 0 N–H and O–H groups in total. The molecule has 3 aromatic rings. The van der Waals surface area contributed by atoms with Crippen LogP contribution in [0.25, 0.3) is 11.1 Å². The molecule has 0 aliphatic carbocycles. The van der Waals surface area contributed by atoms with Crippen LogP contribution < -0.4 is 4.74 Å². The Morgan fingerprint density at radius 3 is 2.03 bits per heavy atom. The summed E-state index contributed by atoms with van der Waals surface area (Å²) in [5, 5.41) is 0.